The maximum Gasteiger partial charge on any atom is 0.305 e. The summed E-state index contributed by atoms with van der Waals surface area (Å²) in [6, 6.07) is 0. The van der Waals surface area contributed by atoms with Crippen molar-refractivity contribution in [1.29, 1.82) is 0 Å². The van der Waals surface area contributed by atoms with E-state index in [9.17, 15) is 19.5 Å². The predicted octanol–water partition coefficient (Wildman–Crippen LogP) is 8.79. The molecule has 51 heavy (non-hydrogen) atoms. The maximum absolute atomic E-state index is 12.9. The first-order chi connectivity index (χ1) is 25.1. The number of aliphatic hydroxyl groups is 1. The summed E-state index contributed by atoms with van der Waals surface area (Å²) in [4.78, 5) is 38.9. The lowest BCUT2D eigenvalue weighted by Gasteiger charge is -2.22. The van der Waals surface area contributed by atoms with Crippen LogP contribution in [0.5, 0.6) is 0 Å². The number of hydrogen-bond acceptors (Lipinski definition) is 8. The van der Waals surface area contributed by atoms with Crippen LogP contribution in [-0.2, 0) is 23.9 Å². The van der Waals surface area contributed by atoms with Crippen LogP contribution in [0.1, 0.15) is 193 Å². The Bertz CT molecular complexity index is 799. The first-order valence-electron chi connectivity index (χ1n) is 21.7. The fraction of sp³-hybridized carbons (Fsp3) is 0.929. The van der Waals surface area contributed by atoms with Crippen LogP contribution >= 0.6 is 0 Å². The van der Waals surface area contributed by atoms with Crippen LogP contribution in [0.4, 0.5) is 0 Å². The molecule has 9 nitrogen and oxygen atoms in total. The van der Waals surface area contributed by atoms with Crippen molar-refractivity contribution < 1.29 is 29.0 Å². The van der Waals surface area contributed by atoms with E-state index in [-0.39, 0.29) is 24.5 Å². The van der Waals surface area contributed by atoms with E-state index in [0.717, 1.165) is 103 Å². The highest BCUT2D eigenvalue weighted by atomic mass is 16.5. The van der Waals surface area contributed by atoms with Gasteiger partial charge in [0.25, 0.3) is 0 Å². The van der Waals surface area contributed by atoms with Crippen molar-refractivity contribution in [2.45, 2.75) is 193 Å². The third kappa shape index (κ3) is 33.8. The number of esters is 2. The van der Waals surface area contributed by atoms with Crippen LogP contribution in [0.2, 0.25) is 0 Å². The SMILES string of the molecule is O=C1CCCCCCCCCCNCCCOC(=O)CCCCCCCCCCN(CCCO)C(=O)CCCCCCCCCCNCCCO1. The van der Waals surface area contributed by atoms with Gasteiger partial charge in [-0.1, -0.05) is 116 Å². The van der Waals surface area contributed by atoms with Crippen LogP contribution in [0.15, 0.2) is 0 Å². The molecule has 1 aliphatic heterocycles. The molecule has 1 aliphatic rings. The highest BCUT2D eigenvalue weighted by Gasteiger charge is 2.12. The van der Waals surface area contributed by atoms with Crippen LogP contribution in [-0.4, -0.2) is 86.9 Å². The quantitative estimate of drug-likeness (QED) is 0.248. The fourth-order valence-electron chi connectivity index (χ4n) is 6.74. The molecule has 9 heteroatoms. The van der Waals surface area contributed by atoms with Gasteiger partial charge in [0.2, 0.25) is 5.91 Å². The fourth-order valence-corrected chi connectivity index (χ4v) is 6.74. The van der Waals surface area contributed by atoms with E-state index >= 15 is 0 Å². The standard InChI is InChI=1S/C42H81N3O6/c46-37-27-36-45-35-24-18-12-6-3-9-15-21-30-42(49)51-39-26-34-44-32-23-17-11-5-2-8-14-20-29-41(48)50-38-25-33-43-31-22-16-10-4-1-7-13-19-28-40(45)47/h43-44,46H,1-39H2. The van der Waals surface area contributed by atoms with Crippen LogP contribution in [0.3, 0.4) is 0 Å². The van der Waals surface area contributed by atoms with Gasteiger partial charge in [0.1, 0.15) is 0 Å². The molecule has 0 aromatic heterocycles. The molecule has 1 rings (SSSR count). The summed E-state index contributed by atoms with van der Waals surface area (Å²) in [7, 11) is 0. The van der Waals surface area contributed by atoms with Crippen molar-refractivity contribution in [2.24, 2.45) is 0 Å². The Hall–Kier alpha value is -1.71. The van der Waals surface area contributed by atoms with Crippen LogP contribution in [0, 0.1) is 0 Å². The van der Waals surface area contributed by atoms with Gasteiger partial charge in [-0.15, -0.1) is 0 Å². The number of nitrogens with one attached hydrogen (secondary N) is 2. The Morgan fingerprint density at radius 2 is 0.804 bits per heavy atom. The minimum Gasteiger partial charge on any atom is -0.466 e. The molecule has 0 aromatic rings. The number of amides is 1. The number of hydrogen-bond donors (Lipinski definition) is 3. The van der Waals surface area contributed by atoms with E-state index in [2.05, 4.69) is 10.6 Å². The second kappa shape index (κ2) is 38.0. The Morgan fingerprint density at radius 3 is 1.24 bits per heavy atom. The third-order valence-corrected chi connectivity index (χ3v) is 10.00. The molecule has 1 fully saturated rings. The number of aliphatic hydroxyl groups excluding tert-OH is 1. The molecule has 0 bridgehead atoms. The normalized spacial score (nSPS) is 22.2. The number of cyclic esters (lactones) is 2. The predicted molar refractivity (Wildman–Crippen MR) is 210 cm³/mol. The number of rotatable bonds is 3. The summed E-state index contributed by atoms with van der Waals surface area (Å²) in [5.41, 5.74) is 0. The highest BCUT2D eigenvalue weighted by molar-refractivity contribution is 5.76. The first-order valence-corrected chi connectivity index (χ1v) is 21.7. The zero-order valence-corrected chi connectivity index (χ0v) is 33.0. The largest absolute Gasteiger partial charge is 0.466 e. The third-order valence-electron chi connectivity index (χ3n) is 10.00. The topological polar surface area (TPSA) is 117 Å². The number of carbonyl (C=O) groups excluding carboxylic acids is 3. The summed E-state index contributed by atoms with van der Waals surface area (Å²) in [6.45, 7) is 6.46. The van der Waals surface area contributed by atoms with Crippen molar-refractivity contribution in [3.8, 4) is 0 Å². The van der Waals surface area contributed by atoms with Crippen LogP contribution in [0.25, 0.3) is 0 Å². The molecule has 0 saturated carbocycles. The molecule has 0 unspecified atom stereocenters. The molecule has 300 valence electrons. The molecule has 0 aromatic carbocycles. The van der Waals surface area contributed by atoms with Crippen molar-refractivity contribution in [1.82, 2.24) is 15.5 Å². The summed E-state index contributed by atoms with van der Waals surface area (Å²) in [5, 5.41) is 16.3. The number of nitrogens with zero attached hydrogens (tertiary/aromatic N) is 1. The van der Waals surface area contributed by atoms with Gasteiger partial charge < -0.3 is 30.1 Å². The Morgan fingerprint density at radius 1 is 0.451 bits per heavy atom. The average Bonchev–Trinajstić information content (AvgIpc) is 3.13. The van der Waals surface area contributed by atoms with E-state index in [1.165, 1.54) is 96.3 Å². The molecule has 0 atom stereocenters. The molecule has 3 N–H and O–H groups in total. The van der Waals surface area contributed by atoms with Gasteiger partial charge in [0.05, 0.1) is 13.2 Å². The van der Waals surface area contributed by atoms with Crippen molar-refractivity contribution in [3.63, 3.8) is 0 Å². The molecular weight excluding hydrogens is 642 g/mol. The average molecular weight is 724 g/mol. The van der Waals surface area contributed by atoms with Crippen LogP contribution < -0.4 is 10.6 Å². The van der Waals surface area contributed by atoms with Crippen molar-refractivity contribution in [3.05, 3.63) is 0 Å². The van der Waals surface area contributed by atoms with Gasteiger partial charge in [-0.2, -0.15) is 0 Å². The summed E-state index contributed by atoms with van der Waals surface area (Å²) in [6.07, 6.45) is 31.9. The lowest BCUT2D eigenvalue weighted by Crippen LogP contribution is -2.33. The summed E-state index contributed by atoms with van der Waals surface area (Å²) < 4.78 is 10.8. The molecule has 0 spiro atoms. The molecule has 1 amide bonds. The maximum atomic E-state index is 12.9. The van der Waals surface area contributed by atoms with Crippen molar-refractivity contribution in [2.75, 3.05) is 59.1 Å². The van der Waals surface area contributed by atoms with E-state index in [1.807, 2.05) is 4.90 Å². The van der Waals surface area contributed by atoms with Gasteiger partial charge in [-0.3, -0.25) is 14.4 Å². The minimum atomic E-state index is -0.0653. The van der Waals surface area contributed by atoms with E-state index in [1.54, 1.807) is 0 Å². The molecule has 1 saturated heterocycles. The molecule has 1 heterocycles. The summed E-state index contributed by atoms with van der Waals surface area (Å²) in [5.74, 6) is 0.133. The Labute approximate surface area is 313 Å². The highest BCUT2D eigenvalue weighted by Crippen LogP contribution is 2.14. The lowest BCUT2D eigenvalue weighted by molar-refractivity contribution is -0.144. The minimum absolute atomic E-state index is 0.0520. The monoisotopic (exact) mass is 724 g/mol. The molecule has 0 radical (unpaired) electrons. The zero-order valence-electron chi connectivity index (χ0n) is 33.0. The van der Waals surface area contributed by atoms with E-state index in [4.69, 9.17) is 9.47 Å². The van der Waals surface area contributed by atoms with Crippen molar-refractivity contribution >= 4 is 17.8 Å². The van der Waals surface area contributed by atoms with E-state index in [0.29, 0.717) is 45.4 Å². The first kappa shape index (κ1) is 47.3. The smallest absolute Gasteiger partial charge is 0.305 e. The van der Waals surface area contributed by atoms with Gasteiger partial charge in [-0.25, -0.2) is 0 Å². The molecule has 0 aliphatic carbocycles. The van der Waals surface area contributed by atoms with E-state index < -0.39 is 0 Å². The summed E-state index contributed by atoms with van der Waals surface area (Å²) >= 11 is 0. The number of ether oxygens (including phenoxy) is 2. The van der Waals surface area contributed by atoms with Gasteiger partial charge >= 0.3 is 11.9 Å². The van der Waals surface area contributed by atoms with Gasteiger partial charge in [-0.05, 0) is 84.0 Å². The Kier molecular flexibility index (Phi) is 35.3. The second-order valence-electron chi connectivity index (χ2n) is 14.8. The zero-order chi connectivity index (χ0) is 36.7. The van der Waals surface area contributed by atoms with Gasteiger partial charge in [0, 0.05) is 39.0 Å². The molecular formula is C42H81N3O6. The van der Waals surface area contributed by atoms with Gasteiger partial charge in [0.15, 0.2) is 0 Å². The number of carbonyl (C=O) groups is 3. The lowest BCUT2D eigenvalue weighted by atomic mass is 10.1. The Balaban J connectivity index is 2.26. The second-order valence-corrected chi connectivity index (χ2v) is 14.8.